The summed E-state index contributed by atoms with van der Waals surface area (Å²) in [6.07, 6.45) is 0. The lowest BCUT2D eigenvalue weighted by molar-refractivity contribution is 0.973. The summed E-state index contributed by atoms with van der Waals surface area (Å²) in [6, 6.07) is 3.82. The van der Waals surface area contributed by atoms with E-state index < -0.39 is 0 Å². The summed E-state index contributed by atoms with van der Waals surface area (Å²) in [5.41, 5.74) is 7.63. The first-order valence-corrected chi connectivity index (χ1v) is 4.04. The molecule has 2 rings (SSSR count). The Hall–Kier alpha value is -1.78. The van der Waals surface area contributed by atoms with Gasteiger partial charge in [-0.1, -0.05) is 0 Å². The number of fused-ring (bicyclic) bond motifs is 1. The van der Waals surface area contributed by atoms with Crippen LogP contribution in [-0.2, 0) is 7.05 Å². The van der Waals surface area contributed by atoms with Crippen LogP contribution in [-0.4, -0.2) is 16.3 Å². The average Bonchev–Trinajstić information content (AvgIpc) is 2.56. The largest absolute Gasteiger partial charge is 0.384 e. The average molecular weight is 179 g/mol. The van der Waals surface area contributed by atoms with Crippen LogP contribution in [0.1, 0.15) is 0 Å². The summed E-state index contributed by atoms with van der Waals surface area (Å²) in [6.45, 7) is 0. The van der Waals surface area contributed by atoms with E-state index in [1.807, 2.05) is 30.8 Å². The van der Waals surface area contributed by atoms with Crippen LogP contribution in [0, 0.1) is 0 Å². The summed E-state index contributed by atoms with van der Waals surface area (Å²) in [7, 11) is 3.84. The Morgan fingerprint density at radius 1 is 1.31 bits per heavy atom. The second kappa shape index (κ2) is 2.35. The molecule has 5 nitrogen and oxygen atoms in total. The zero-order valence-electron chi connectivity index (χ0n) is 7.70. The smallest absolute Gasteiger partial charge is 0.124 e. The van der Waals surface area contributed by atoms with Crippen LogP contribution < -0.4 is 16.9 Å². The van der Waals surface area contributed by atoms with Gasteiger partial charge in [-0.15, -0.1) is 0 Å². The van der Waals surface area contributed by atoms with Gasteiger partial charge in [0.05, 0.1) is 11.0 Å². The molecule has 0 aliphatic carbocycles. The van der Waals surface area contributed by atoms with Gasteiger partial charge >= 0.3 is 0 Å². The van der Waals surface area contributed by atoms with Gasteiger partial charge in [0.25, 0.3) is 0 Å². The van der Waals surface area contributed by atoms with E-state index in [4.69, 9.17) is 11.6 Å². The number of nitrogens with zero attached hydrogens (tertiary/aromatic N) is 2. The van der Waals surface area contributed by atoms with Gasteiger partial charge in [-0.2, -0.15) is 0 Å². The lowest BCUT2D eigenvalue weighted by Gasteiger charge is -2.00. The number of nitrogen functional groups attached to an aromatic ring is 2. The van der Waals surface area contributed by atoms with Gasteiger partial charge in [-0.3, -0.25) is 0 Å². The lowest BCUT2D eigenvalue weighted by atomic mass is 10.5. The third-order valence-electron chi connectivity index (χ3n) is 2.34. The molecule has 0 unspecified atom stereocenters. The van der Waals surface area contributed by atoms with Crippen molar-refractivity contribution in [1.82, 2.24) is 9.24 Å². The van der Waals surface area contributed by atoms with Crippen molar-refractivity contribution in [3.8, 4) is 0 Å². The highest BCUT2D eigenvalue weighted by atomic mass is 15.3. The number of aromatic nitrogens is 2. The minimum absolute atomic E-state index is 0.572. The number of hydrogen-bond acceptors (Lipinski definition) is 3. The van der Waals surface area contributed by atoms with Crippen molar-refractivity contribution in [3.05, 3.63) is 12.1 Å². The Bertz CT molecular complexity index is 450. The quantitative estimate of drug-likeness (QED) is 0.552. The van der Waals surface area contributed by atoms with Crippen LogP contribution >= 0.6 is 0 Å². The van der Waals surface area contributed by atoms with Crippen LogP contribution in [0.3, 0.4) is 0 Å². The van der Waals surface area contributed by atoms with Gasteiger partial charge in [-0.25, -0.2) is 4.68 Å². The molecule has 0 aromatic carbocycles. The molecule has 0 saturated carbocycles. The maximum atomic E-state index is 5.73. The van der Waals surface area contributed by atoms with Crippen molar-refractivity contribution >= 4 is 22.7 Å². The molecule has 0 aliphatic heterocycles. The Labute approximate surface area is 75.9 Å². The molecule has 0 saturated heterocycles. The molecule has 0 radical (unpaired) electrons. The van der Waals surface area contributed by atoms with Crippen LogP contribution in [0.4, 0.5) is 11.6 Å². The summed E-state index contributed by atoms with van der Waals surface area (Å²) in [5.74, 6) is 7.32. The third kappa shape index (κ3) is 0.867. The predicted molar refractivity (Wildman–Crippen MR) is 55.0 cm³/mol. The first kappa shape index (κ1) is 7.85. The number of nitrogens with two attached hydrogens (primary N) is 2. The van der Waals surface area contributed by atoms with Gasteiger partial charge < -0.3 is 21.5 Å². The number of nitrogens with one attached hydrogen (secondary N) is 1. The van der Waals surface area contributed by atoms with Crippen LogP contribution in [0.15, 0.2) is 12.1 Å². The van der Waals surface area contributed by atoms with E-state index in [1.54, 1.807) is 0 Å². The summed E-state index contributed by atoms with van der Waals surface area (Å²) >= 11 is 0. The van der Waals surface area contributed by atoms with Crippen LogP contribution in [0.2, 0.25) is 0 Å². The molecule has 2 heterocycles. The molecule has 0 spiro atoms. The van der Waals surface area contributed by atoms with Crippen molar-refractivity contribution < 1.29 is 0 Å². The van der Waals surface area contributed by atoms with Crippen LogP contribution in [0.5, 0.6) is 0 Å². The number of anilines is 2. The Morgan fingerprint density at radius 2 is 2.00 bits per heavy atom. The number of aryl methyl sites for hydroxylation is 1. The number of hydrogen-bond donors (Lipinski definition) is 3. The second-order valence-electron chi connectivity index (χ2n) is 3.05. The highest BCUT2D eigenvalue weighted by Gasteiger charge is 2.10. The third-order valence-corrected chi connectivity index (χ3v) is 2.34. The van der Waals surface area contributed by atoms with Gasteiger partial charge in [0.2, 0.25) is 0 Å². The monoisotopic (exact) mass is 179 g/mol. The van der Waals surface area contributed by atoms with Crippen molar-refractivity contribution in [3.63, 3.8) is 0 Å². The van der Waals surface area contributed by atoms with Gasteiger partial charge in [0.1, 0.15) is 11.6 Å². The standard InChI is InChI=1S/C8H13N5/c1-11-8-4-6-5(12(8)2)3-7(9)13(6)10/h3-4,11H,9-10H2,1-2H3. The molecule has 13 heavy (non-hydrogen) atoms. The molecule has 70 valence electrons. The molecule has 0 fully saturated rings. The van der Waals surface area contributed by atoms with E-state index >= 15 is 0 Å². The minimum Gasteiger partial charge on any atom is -0.384 e. The molecule has 2 aromatic rings. The summed E-state index contributed by atoms with van der Waals surface area (Å²) in [5, 5.41) is 3.07. The van der Waals surface area contributed by atoms with Crippen LogP contribution in [0.25, 0.3) is 11.0 Å². The van der Waals surface area contributed by atoms with Gasteiger partial charge in [-0.05, 0) is 0 Å². The maximum Gasteiger partial charge on any atom is 0.124 e. The topological polar surface area (TPSA) is 73.9 Å². The Kier molecular flexibility index (Phi) is 1.42. The lowest BCUT2D eigenvalue weighted by Crippen LogP contribution is -2.10. The first-order chi connectivity index (χ1) is 6.15. The Balaban J connectivity index is 2.81. The van der Waals surface area contributed by atoms with Crippen molar-refractivity contribution in [2.75, 3.05) is 23.9 Å². The van der Waals surface area contributed by atoms with Crippen molar-refractivity contribution in [1.29, 1.82) is 0 Å². The zero-order chi connectivity index (χ0) is 9.59. The SMILES string of the molecule is CNc1cc2c(cc(N)n2N)n1C. The fraction of sp³-hybridized carbons (Fsp3) is 0.250. The van der Waals surface area contributed by atoms with Gasteiger partial charge in [0, 0.05) is 26.2 Å². The van der Waals surface area contributed by atoms with E-state index in [1.165, 1.54) is 4.68 Å². The molecular weight excluding hydrogens is 166 g/mol. The Morgan fingerprint density at radius 3 is 2.54 bits per heavy atom. The summed E-state index contributed by atoms with van der Waals surface area (Å²) < 4.78 is 3.49. The molecule has 2 aromatic heterocycles. The molecule has 5 heteroatoms. The fourth-order valence-electron chi connectivity index (χ4n) is 1.55. The van der Waals surface area contributed by atoms with Gasteiger partial charge in [0.15, 0.2) is 0 Å². The van der Waals surface area contributed by atoms with E-state index in [2.05, 4.69) is 5.32 Å². The molecule has 0 aliphatic rings. The highest BCUT2D eigenvalue weighted by molar-refractivity contribution is 5.86. The number of rotatable bonds is 1. The normalized spacial score (nSPS) is 10.9. The van der Waals surface area contributed by atoms with E-state index in [0.29, 0.717) is 5.82 Å². The zero-order valence-corrected chi connectivity index (χ0v) is 7.70. The molecule has 0 amide bonds. The molecular formula is C8H13N5. The van der Waals surface area contributed by atoms with Crippen molar-refractivity contribution in [2.45, 2.75) is 0 Å². The second-order valence-corrected chi connectivity index (χ2v) is 3.05. The highest BCUT2D eigenvalue weighted by Crippen LogP contribution is 2.24. The molecule has 0 atom stereocenters. The molecule has 5 N–H and O–H groups in total. The molecule has 0 bridgehead atoms. The van der Waals surface area contributed by atoms with E-state index in [0.717, 1.165) is 16.9 Å². The van der Waals surface area contributed by atoms with E-state index in [9.17, 15) is 0 Å². The first-order valence-electron chi connectivity index (χ1n) is 4.04. The van der Waals surface area contributed by atoms with Crippen molar-refractivity contribution in [2.24, 2.45) is 7.05 Å². The minimum atomic E-state index is 0.572. The predicted octanol–water partition coefficient (Wildman–Crippen LogP) is 0.317. The maximum absolute atomic E-state index is 5.73. The van der Waals surface area contributed by atoms with E-state index in [-0.39, 0.29) is 0 Å². The summed E-state index contributed by atoms with van der Waals surface area (Å²) in [4.78, 5) is 0. The fourth-order valence-corrected chi connectivity index (χ4v) is 1.55.